The van der Waals surface area contributed by atoms with E-state index in [-0.39, 0.29) is 17.4 Å². The first-order valence-corrected chi connectivity index (χ1v) is 10.6. The summed E-state index contributed by atoms with van der Waals surface area (Å²) < 4.78 is 0. The van der Waals surface area contributed by atoms with Crippen LogP contribution in [0.25, 0.3) is 0 Å². The molecule has 0 spiro atoms. The first-order valence-electron chi connectivity index (χ1n) is 9.33. The molecule has 1 aliphatic rings. The Morgan fingerprint density at radius 3 is 2.84 bits per heavy atom. The number of aromatic carboxylic acids is 1. The minimum Gasteiger partial charge on any atom is -0.477 e. The van der Waals surface area contributed by atoms with E-state index in [0.29, 0.717) is 17.2 Å². The first kappa shape index (κ1) is 20.5. The van der Waals surface area contributed by atoms with E-state index in [1.54, 1.807) is 6.07 Å². The third kappa shape index (κ3) is 6.12. The highest BCUT2D eigenvalue weighted by Crippen LogP contribution is 2.40. The van der Waals surface area contributed by atoms with E-state index >= 15 is 0 Å². The largest absolute Gasteiger partial charge is 0.477 e. The van der Waals surface area contributed by atoms with E-state index in [2.05, 4.69) is 19.1 Å². The van der Waals surface area contributed by atoms with Gasteiger partial charge in [0.25, 0.3) is 0 Å². The summed E-state index contributed by atoms with van der Waals surface area (Å²) in [5, 5.41) is 19.3. The molecule has 0 aromatic carbocycles. The maximum atomic E-state index is 10.9. The fourth-order valence-corrected chi connectivity index (χ4v) is 5.00. The lowest BCUT2D eigenvalue weighted by molar-refractivity contribution is 0.0702. The normalized spacial score (nSPS) is 26.5. The fraction of sp³-hybridized carbons (Fsp3) is 0.650. The van der Waals surface area contributed by atoms with Crippen LogP contribution in [0, 0.1) is 11.8 Å². The Balaban J connectivity index is 1.83. The number of carboxylic acids is 1. The predicted octanol–water partition coefficient (Wildman–Crippen LogP) is 5.51. The second-order valence-electron chi connectivity index (χ2n) is 6.95. The third-order valence-electron chi connectivity index (χ3n) is 5.04. The standard InChI is InChI=1S/C20H29ClO3S/c1-2-3-4-5-6-9-16-15(17(21)13-18(16)22)10-7-8-14-11-12-19(25-14)20(23)24/h6,9,11-12,15-18,22H,2-5,7-8,10,13H2,1H3,(H,23,24). The van der Waals surface area contributed by atoms with Crippen LogP contribution >= 0.6 is 22.9 Å². The number of allylic oxidation sites excluding steroid dienone is 1. The zero-order valence-electron chi connectivity index (χ0n) is 14.9. The molecule has 1 saturated carbocycles. The van der Waals surface area contributed by atoms with Crippen molar-refractivity contribution in [1.29, 1.82) is 0 Å². The number of halogens is 1. The van der Waals surface area contributed by atoms with Gasteiger partial charge in [-0.15, -0.1) is 22.9 Å². The van der Waals surface area contributed by atoms with Gasteiger partial charge in [0.05, 0.1) is 6.10 Å². The average molecular weight is 385 g/mol. The molecule has 3 nitrogen and oxygen atoms in total. The van der Waals surface area contributed by atoms with E-state index in [1.807, 2.05) is 6.07 Å². The Hall–Kier alpha value is -0.840. The van der Waals surface area contributed by atoms with Crippen LogP contribution in [0.2, 0.25) is 0 Å². The van der Waals surface area contributed by atoms with Crippen LogP contribution in [0.4, 0.5) is 0 Å². The number of carbonyl (C=O) groups is 1. The van der Waals surface area contributed by atoms with Crippen LogP contribution in [0.3, 0.4) is 0 Å². The van der Waals surface area contributed by atoms with E-state index in [9.17, 15) is 9.90 Å². The molecule has 1 aromatic rings. The summed E-state index contributed by atoms with van der Waals surface area (Å²) in [6.07, 6.45) is 12.3. The first-order chi connectivity index (χ1) is 12.0. The van der Waals surface area contributed by atoms with Gasteiger partial charge in [-0.25, -0.2) is 4.79 Å². The number of aryl methyl sites for hydroxylation is 1. The quantitative estimate of drug-likeness (QED) is 0.317. The molecule has 2 rings (SSSR count). The van der Waals surface area contributed by atoms with E-state index in [1.165, 1.54) is 30.6 Å². The number of rotatable bonds is 10. The van der Waals surface area contributed by atoms with Crippen molar-refractivity contribution in [3.63, 3.8) is 0 Å². The number of hydrogen-bond donors (Lipinski definition) is 2. The number of carboxylic acid groups (broad SMARTS) is 1. The molecule has 2 N–H and O–H groups in total. The lowest BCUT2D eigenvalue weighted by atomic mass is 9.89. The number of hydrogen-bond acceptors (Lipinski definition) is 3. The second-order valence-corrected chi connectivity index (χ2v) is 8.68. The summed E-state index contributed by atoms with van der Waals surface area (Å²) >= 11 is 7.84. The molecule has 25 heavy (non-hydrogen) atoms. The average Bonchev–Trinajstić information content (AvgIpc) is 3.14. The van der Waals surface area contributed by atoms with Gasteiger partial charge in [0.2, 0.25) is 0 Å². The van der Waals surface area contributed by atoms with Crippen LogP contribution in [0.15, 0.2) is 24.3 Å². The molecule has 1 aromatic heterocycles. The van der Waals surface area contributed by atoms with Gasteiger partial charge in [0.15, 0.2) is 0 Å². The molecule has 1 heterocycles. The van der Waals surface area contributed by atoms with Crippen molar-refractivity contribution in [3.8, 4) is 0 Å². The maximum Gasteiger partial charge on any atom is 0.345 e. The van der Waals surface area contributed by atoms with Gasteiger partial charge in [0, 0.05) is 16.2 Å². The Morgan fingerprint density at radius 2 is 2.16 bits per heavy atom. The topological polar surface area (TPSA) is 57.5 Å². The molecular weight excluding hydrogens is 356 g/mol. The van der Waals surface area contributed by atoms with Crippen molar-refractivity contribution in [2.75, 3.05) is 0 Å². The van der Waals surface area contributed by atoms with Crippen LogP contribution in [-0.4, -0.2) is 27.7 Å². The summed E-state index contributed by atoms with van der Waals surface area (Å²) in [7, 11) is 0. The Bertz CT molecular complexity index is 569. The highest BCUT2D eigenvalue weighted by atomic mass is 35.5. The number of unbranched alkanes of at least 4 members (excludes halogenated alkanes) is 3. The highest BCUT2D eigenvalue weighted by molar-refractivity contribution is 7.13. The van der Waals surface area contributed by atoms with Crippen molar-refractivity contribution in [2.24, 2.45) is 11.8 Å². The summed E-state index contributed by atoms with van der Waals surface area (Å²) in [6, 6.07) is 3.58. The van der Waals surface area contributed by atoms with E-state index < -0.39 is 5.97 Å². The zero-order valence-corrected chi connectivity index (χ0v) is 16.4. The lowest BCUT2D eigenvalue weighted by Crippen LogP contribution is -2.18. The molecule has 140 valence electrons. The number of thiophene rings is 1. The molecule has 0 saturated heterocycles. The predicted molar refractivity (Wildman–Crippen MR) is 105 cm³/mol. The van der Waals surface area contributed by atoms with Crippen LogP contribution in [0.1, 0.15) is 66.4 Å². The molecule has 0 aliphatic heterocycles. The molecule has 1 fully saturated rings. The number of alkyl halides is 1. The smallest absolute Gasteiger partial charge is 0.345 e. The molecule has 5 heteroatoms. The van der Waals surface area contributed by atoms with Gasteiger partial charge >= 0.3 is 5.97 Å². The zero-order chi connectivity index (χ0) is 18.2. The lowest BCUT2D eigenvalue weighted by Gasteiger charge is -2.20. The van der Waals surface area contributed by atoms with Crippen molar-refractivity contribution in [3.05, 3.63) is 34.0 Å². The van der Waals surface area contributed by atoms with Gasteiger partial charge in [-0.2, -0.15) is 0 Å². The summed E-state index contributed by atoms with van der Waals surface area (Å²) in [6.45, 7) is 2.20. The van der Waals surface area contributed by atoms with Gasteiger partial charge in [-0.1, -0.05) is 31.9 Å². The Kier molecular flexibility index (Phi) is 8.47. The van der Waals surface area contributed by atoms with Gasteiger partial charge < -0.3 is 10.2 Å². The molecule has 0 amide bonds. The minimum atomic E-state index is -0.857. The van der Waals surface area contributed by atoms with Gasteiger partial charge in [0.1, 0.15) is 4.88 Å². The fourth-order valence-electron chi connectivity index (χ4n) is 3.64. The summed E-state index contributed by atoms with van der Waals surface area (Å²) in [5.41, 5.74) is 0. The molecule has 4 unspecified atom stereocenters. The SMILES string of the molecule is CCCCCC=CC1C(O)CC(Cl)C1CCCc1ccc(C(=O)O)s1. The number of aliphatic hydroxyl groups excluding tert-OH is 1. The van der Waals surface area contributed by atoms with Crippen LogP contribution in [0.5, 0.6) is 0 Å². The van der Waals surface area contributed by atoms with Crippen LogP contribution in [-0.2, 0) is 6.42 Å². The van der Waals surface area contributed by atoms with Crippen molar-refractivity contribution in [1.82, 2.24) is 0 Å². The summed E-state index contributed by atoms with van der Waals surface area (Å²) in [5.74, 6) is -0.399. The second kappa shape index (κ2) is 10.3. The molecule has 1 aliphatic carbocycles. The van der Waals surface area contributed by atoms with Crippen molar-refractivity contribution < 1.29 is 15.0 Å². The molecular formula is C20H29ClO3S. The van der Waals surface area contributed by atoms with Crippen molar-refractivity contribution >= 4 is 28.9 Å². The van der Waals surface area contributed by atoms with E-state index in [0.717, 1.165) is 30.6 Å². The third-order valence-corrected chi connectivity index (χ3v) is 6.67. The van der Waals surface area contributed by atoms with E-state index in [4.69, 9.17) is 16.7 Å². The van der Waals surface area contributed by atoms with Gasteiger partial charge in [-0.3, -0.25) is 0 Å². The highest BCUT2D eigenvalue weighted by Gasteiger charge is 2.39. The van der Waals surface area contributed by atoms with Crippen LogP contribution < -0.4 is 0 Å². The summed E-state index contributed by atoms with van der Waals surface area (Å²) in [4.78, 5) is 12.4. The van der Waals surface area contributed by atoms with Gasteiger partial charge in [-0.05, 0) is 56.6 Å². The number of aliphatic hydroxyl groups is 1. The Labute approximate surface area is 159 Å². The van der Waals surface area contributed by atoms with Crippen molar-refractivity contribution in [2.45, 2.75) is 69.8 Å². The Morgan fingerprint density at radius 1 is 1.36 bits per heavy atom. The monoisotopic (exact) mass is 384 g/mol. The molecule has 0 bridgehead atoms. The maximum absolute atomic E-state index is 10.9. The molecule has 0 radical (unpaired) electrons. The minimum absolute atomic E-state index is 0.0261. The molecule has 4 atom stereocenters.